The standard InChI is InChI=1S/C17H22FN3OS/c1-3-19-17(21(2)9-8-14-5-4-10-23-14)20-12-13-6-7-16(22)15(18)11-13/h4-7,10-11,22H,3,8-9,12H2,1-2H3,(H,19,20). The van der Waals surface area contributed by atoms with E-state index in [2.05, 4.69) is 32.7 Å². The van der Waals surface area contributed by atoms with Crippen LogP contribution in [0.1, 0.15) is 17.4 Å². The Morgan fingerprint density at radius 2 is 2.22 bits per heavy atom. The third-order valence-electron chi connectivity index (χ3n) is 3.39. The second-order valence-corrected chi connectivity index (χ2v) is 6.24. The molecule has 0 radical (unpaired) electrons. The molecule has 0 spiro atoms. The summed E-state index contributed by atoms with van der Waals surface area (Å²) in [6.45, 7) is 4.01. The zero-order valence-electron chi connectivity index (χ0n) is 13.4. The van der Waals surface area contributed by atoms with Gasteiger partial charge < -0.3 is 15.3 Å². The Hall–Kier alpha value is -2.08. The number of aromatic hydroxyl groups is 1. The van der Waals surface area contributed by atoms with Gasteiger partial charge in [0.05, 0.1) is 6.54 Å². The topological polar surface area (TPSA) is 47.9 Å². The molecule has 1 aromatic heterocycles. The van der Waals surface area contributed by atoms with E-state index in [1.807, 2.05) is 14.0 Å². The van der Waals surface area contributed by atoms with E-state index < -0.39 is 5.82 Å². The van der Waals surface area contributed by atoms with Crippen LogP contribution in [0.4, 0.5) is 4.39 Å². The summed E-state index contributed by atoms with van der Waals surface area (Å²) >= 11 is 1.75. The zero-order valence-corrected chi connectivity index (χ0v) is 14.2. The van der Waals surface area contributed by atoms with Gasteiger partial charge in [-0.1, -0.05) is 12.1 Å². The predicted molar refractivity (Wildman–Crippen MR) is 93.5 cm³/mol. The molecule has 1 heterocycles. The third kappa shape index (κ3) is 5.25. The van der Waals surface area contributed by atoms with Gasteiger partial charge in [-0.25, -0.2) is 9.38 Å². The van der Waals surface area contributed by atoms with E-state index in [4.69, 9.17) is 0 Å². The number of thiophene rings is 1. The Morgan fingerprint density at radius 3 is 2.87 bits per heavy atom. The summed E-state index contributed by atoms with van der Waals surface area (Å²) in [7, 11) is 1.99. The van der Waals surface area contributed by atoms with E-state index in [1.165, 1.54) is 17.0 Å². The molecule has 0 aliphatic rings. The summed E-state index contributed by atoms with van der Waals surface area (Å²) in [6, 6.07) is 8.53. The SMILES string of the molecule is CCNC(=NCc1ccc(O)c(F)c1)N(C)CCc1cccs1. The molecule has 0 saturated heterocycles. The summed E-state index contributed by atoms with van der Waals surface area (Å²) in [5.74, 6) is -0.163. The average Bonchev–Trinajstić information content (AvgIpc) is 3.05. The lowest BCUT2D eigenvalue weighted by molar-refractivity contribution is 0.432. The number of nitrogens with zero attached hydrogens (tertiary/aromatic N) is 2. The van der Waals surface area contributed by atoms with Crippen molar-refractivity contribution in [1.29, 1.82) is 0 Å². The summed E-state index contributed by atoms with van der Waals surface area (Å²) in [5, 5.41) is 14.5. The van der Waals surface area contributed by atoms with Crippen molar-refractivity contribution in [3.8, 4) is 5.75 Å². The number of hydrogen-bond donors (Lipinski definition) is 2. The Labute approximate surface area is 140 Å². The number of aliphatic imine (C=N–C) groups is 1. The van der Waals surface area contributed by atoms with Crippen molar-refractivity contribution in [3.05, 3.63) is 52.0 Å². The van der Waals surface area contributed by atoms with Crippen LogP contribution in [0, 0.1) is 5.82 Å². The minimum absolute atomic E-state index is 0.335. The van der Waals surface area contributed by atoms with Crippen molar-refractivity contribution >= 4 is 17.3 Å². The highest BCUT2D eigenvalue weighted by molar-refractivity contribution is 7.09. The first kappa shape index (κ1) is 17.3. The first-order valence-corrected chi connectivity index (χ1v) is 8.47. The molecule has 1 aromatic carbocycles. The number of likely N-dealkylation sites (N-methyl/N-ethyl adjacent to an activating group) is 1. The number of benzene rings is 1. The molecule has 6 heteroatoms. The van der Waals surface area contributed by atoms with E-state index in [9.17, 15) is 9.50 Å². The van der Waals surface area contributed by atoms with E-state index in [-0.39, 0.29) is 5.75 Å². The molecule has 23 heavy (non-hydrogen) atoms. The quantitative estimate of drug-likeness (QED) is 0.629. The Kier molecular flexibility index (Phi) is 6.40. The molecule has 0 unspecified atom stereocenters. The van der Waals surface area contributed by atoms with Crippen molar-refractivity contribution in [2.45, 2.75) is 19.9 Å². The maximum Gasteiger partial charge on any atom is 0.193 e. The molecule has 0 saturated carbocycles. The third-order valence-corrected chi connectivity index (χ3v) is 4.33. The lowest BCUT2D eigenvalue weighted by Gasteiger charge is -2.21. The summed E-state index contributed by atoms with van der Waals surface area (Å²) in [4.78, 5) is 7.95. The van der Waals surface area contributed by atoms with E-state index >= 15 is 0 Å². The number of rotatable bonds is 6. The molecule has 124 valence electrons. The smallest absolute Gasteiger partial charge is 0.193 e. The maximum atomic E-state index is 13.4. The Bertz CT molecular complexity index is 643. The van der Waals surface area contributed by atoms with E-state index in [0.717, 1.165) is 31.0 Å². The second kappa shape index (κ2) is 8.53. The Balaban J connectivity index is 1.99. The summed E-state index contributed by atoms with van der Waals surface area (Å²) in [6.07, 6.45) is 0.965. The predicted octanol–water partition coefficient (Wildman–Crippen LogP) is 3.23. The molecule has 2 aromatic rings. The first-order valence-electron chi connectivity index (χ1n) is 7.59. The van der Waals surface area contributed by atoms with E-state index in [0.29, 0.717) is 6.54 Å². The molecule has 4 nitrogen and oxygen atoms in total. The molecule has 2 rings (SSSR count). The van der Waals surface area contributed by atoms with Crippen molar-refractivity contribution in [2.24, 2.45) is 4.99 Å². The summed E-state index contributed by atoms with van der Waals surface area (Å²) in [5.41, 5.74) is 0.724. The molecule has 0 bridgehead atoms. The minimum atomic E-state index is -0.617. The number of phenolic OH excluding ortho intramolecular Hbond substituents is 1. The van der Waals surface area contributed by atoms with Crippen molar-refractivity contribution < 1.29 is 9.50 Å². The fourth-order valence-corrected chi connectivity index (χ4v) is 2.82. The van der Waals surface area contributed by atoms with Crippen molar-refractivity contribution in [3.63, 3.8) is 0 Å². The zero-order chi connectivity index (χ0) is 16.7. The molecule has 0 amide bonds. The molecule has 2 N–H and O–H groups in total. The highest BCUT2D eigenvalue weighted by Gasteiger charge is 2.07. The van der Waals surface area contributed by atoms with Gasteiger partial charge in [0.1, 0.15) is 0 Å². The van der Waals surface area contributed by atoms with Gasteiger partial charge in [0.25, 0.3) is 0 Å². The van der Waals surface area contributed by atoms with Gasteiger partial charge in [0.2, 0.25) is 0 Å². The van der Waals surface area contributed by atoms with E-state index in [1.54, 1.807) is 17.4 Å². The van der Waals surface area contributed by atoms with Crippen LogP contribution in [-0.2, 0) is 13.0 Å². The lowest BCUT2D eigenvalue weighted by Crippen LogP contribution is -2.39. The van der Waals surface area contributed by atoms with Crippen LogP contribution in [0.2, 0.25) is 0 Å². The van der Waals surface area contributed by atoms with Gasteiger partial charge in [0.15, 0.2) is 17.5 Å². The largest absolute Gasteiger partial charge is 0.505 e. The molecular formula is C17H22FN3OS. The number of hydrogen-bond acceptors (Lipinski definition) is 3. The lowest BCUT2D eigenvalue weighted by atomic mass is 10.2. The first-order chi connectivity index (χ1) is 11.1. The normalized spacial score (nSPS) is 11.5. The summed E-state index contributed by atoms with van der Waals surface area (Å²) < 4.78 is 13.4. The molecule has 0 aliphatic heterocycles. The van der Waals surface area contributed by atoms with Crippen molar-refractivity contribution in [2.75, 3.05) is 20.1 Å². The number of halogens is 1. The van der Waals surface area contributed by atoms with Crippen LogP contribution in [0.15, 0.2) is 40.7 Å². The van der Waals surface area contributed by atoms with Crippen LogP contribution in [-0.4, -0.2) is 36.1 Å². The monoisotopic (exact) mass is 335 g/mol. The van der Waals surface area contributed by atoms with Gasteiger partial charge in [-0.15, -0.1) is 11.3 Å². The van der Waals surface area contributed by atoms with Gasteiger partial charge >= 0.3 is 0 Å². The fraction of sp³-hybridized carbons (Fsp3) is 0.353. The molecule has 0 aliphatic carbocycles. The van der Waals surface area contributed by atoms with Gasteiger partial charge in [-0.05, 0) is 42.5 Å². The van der Waals surface area contributed by atoms with Gasteiger partial charge in [-0.2, -0.15) is 0 Å². The maximum absolute atomic E-state index is 13.4. The minimum Gasteiger partial charge on any atom is -0.505 e. The number of phenols is 1. The van der Waals surface area contributed by atoms with Crippen LogP contribution in [0.25, 0.3) is 0 Å². The highest BCUT2D eigenvalue weighted by atomic mass is 32.1. The van der Waals surface area contributed by atoms with Crippen LogP contribution in [0.5, 0.6) is 5.75 Å². The van der Waals surface area contributed by atoms with Crippen LogP contribution in [0.3, 0.4) is 0 Å². The van der Waals surface area contributed by atoms with Gasteiger partial charge in [0, 0.05) is 25.0 Å². The van der Waals surface area contributed by atoms with Crippen LogP contribution >= 0.6 is 11.3 Å². The fourth-order valence-electron chi connectivity index (χ4n) is 2.12. The second-order valence-electron chi connectivity index (χ2n) is 5.21. The number of nitrogens with one attached hydrogen (secondary N) is 1. The molecule has 0 atom stereocenters. The Morgan fingerprint density at radius 1 is 1.39 bits per heavy atom. The highest BCUT2D eigenvalue weighted by Crippen LogP contribution is 2.16. The average molecular weight is 335 g/mol. The van der Waals surface area contributed by atoms with Crippen molar-refractivity contribution in [1.82, 2.24) is 10.2 Å². The van der Waals surface area contributed by atoms with Crippen LogP contribution < -0.4 is 5.32 Å². The number of guanidine groups is 1. The molecule has 0 fully saturated rings. The molecular weight excluding hydrogens is 313 g/mol. The van der Waals surface area contributed by atoms with Gasteiger partial charge in [-0.3, -0.25) is 0 Å².